The Morgan fingerprint density at radius 3 is 2.32 bits per heavy atom. The number of carboxylic acid groups (broad SMARTS) is 1. The highest BCUT2D eigenvalue weighted by atomic mass is 16.4. The van der Waals surface area contributed by atoms with E-state index >= 15 is 0 Å². The van der Waals surface area contributed by atoms with E-state index in [2.05, 4.69) is 37.4 Å². The van der Waals surface area contributed by atoms with Gasteiger partial charge in [-0.25, -0.2) is 0 Å². The molecule has 2 unspecified atom stereocenters. The van der Waals surface area contributed by atoms with Crippen LogP contribution in [0.15, 0.2) is 18.2 Å². The summed E-state index contributed by atoms with van der Waals surface area (Å²) in [4.78, 5) is 11.3. The highest BCUT2D eigenvalue weighted by Crippen LogP contribution is 2.18. The zero-order valence-electron chi connectivity index (χ0n) is 12.5. The first-order valence-electron chi connectivity index (χ1n) is 6.87. The van der Waals surface area contributed by atoms with Crippen LogP contribution in [-0.2, 0) is 4.79 Å². The number of hydrogen-bond donors (Lipinski definition) is 2. The van der Waals surface area contributed by atoms with E-state index in [1.165, 1.54) is 11.1 Å². The van der Waals surface area contributed by atoms with Crippen molar-refractivity contribution >= 4 is 5.97 Å². The molecular weight excluding hydrogens is 238 g/mol. The molecule has 0 radical (unpaired) electrons. The molecule has 0 heterocycles. The lowest BCUT2D eigenvalue weighted by Crippen LogP contribution is -2.39. The normalized spacial score (nSPS) is 14.4. The van der Waals surface area contributed by atoms with Crippen LogP contribution in [0.5, 0.6) is 0 Å². The lowest BCUT2D eigenvalue weighted by Gasteiger charge is -2.22. The fourth-order valence-corrected chi connectivity index (χ4v) is 2.14. The number of aliphatic carboxylic acids is 1. The minimum atomic E-state index is -0.774. The highest BCUT2D eigenvalue weighted by molar-refractivity contribution is 5.73. The number of hydrogen-bond acceptors (Lipinski definition) is 2. The topological polar surface area (TPSA) is 49.3 Å². The lowest BCUT2D eigenvalue weighted by atomic mass is 9.99. The number of benzene rings is 1. The maximum absolute atomic E-state index is 11.3. The van der Waals surface area contributed by atoms with Gasteiger partial charge in [0.15, 0.2) is 0 Å². The van der Waals surface area contributed by atoms with Gasteiger partial charge in [-0.1, -0.05) is 32.0 Å². The third kappa shape index (κ3) is 4.67. The smallest absolute Gasteiger partial charge is 0.320 e. The summed E-state index contributed by atoms with van der Waals surface area (Å²) in [7, 11) is 0. The SMILES string of the molecule is Cc1ccc(C(C)NC(CC(C)C)C(=O)O)cc1C. The molecule has 2 N–H and O–H groups in total. The van der Waals surface area contributed by atoms with E-state index in [0.717, 1.165) is 5.56 Å². The molecule has 1 aromatic carbocycles. The molecule has 0 aliphatic heterocycles. The predicted octanol–water partition coefficient (Wildman–Crippen LogP) is 3.45. The summed E-state index contributed by atoms with van der Waals surface area (Å²) in [6, 6.07) is 5.83. The first kappa shape index (κ1) is 15.7. The third-order valence-corrected chi connectivity index (χ3v) is 3.49. The molecule has 106 valence electrons. The van der Waals surface area contributed by atoms with Crippen LogP contribution in [0.2, 0.25) is 0 Å². The molecule has 19 heavy (non-hydrogen) atoms. The fourth-order valence-electron chi connectivity index (χ4n) is 2.14. The van der Waals surface area contributed by atoms with Gasteiger partial charge in [-0.15, -0.1) is 0 Å². The van der Waals surface area contributed by atoms with Crippen molar-refractivity contribution in [2.24, 2.45) is 5.92 Å². The molecule has 0 fully saturated rings. The Hall–Kier alpha value is -1.35. The molecule has 0 spiro atoms. The van der Waals surface area contributed by atoms with Crippen molar-refractivity contribution in [3.05, 3.63) is 34.9 Å². The van der Waals surface area contributed by atoms with Gasteiger partial charge in [0.1, 0.15) is 6.04 Å². The molecule has 0 aromatic heterocycles. The Balaban J connectivity index is 2.78. The third-order valence-electron chi connectivity index (χ3n) is 3.49. The van der Waals surface area contributed by atoms with E-state index in [1.54, 1.807) is 0 Å². The van der Waals surface area contributed by atoms with E-state index < -0.39 is 12.0 Å². The van der Waals surface area contributed by atoms with Gasteiger partial charge in [-0.2, -0.15) is 0 Å². The summed E-state index contributed by atoms with van der Waals surface area (Å²) in [5.74, 6) is -0.412. The molecule has 0 bridgehead atoms. The van der Waals surface area contributed by atoms with Crippen LogP contribution >= 0.6 is 0 Å². The van der Waals surface area contributed by atoms with E-state index in [9.17, 15) is 9.90 Å². The monoisotopic (exact) mass is 263 g/mol. The largest absolute Gasteiger partial charge is 0.480 e. The summed E-state index contributed by atoms with van der Waals surface area (Å²) in [6.07, 6.45) is 0.643. The molecule has 1 aromatic rings. The molecule has 0 saturated carbocycles. The van der Waals surface area contributed by atoms with Crippen LogP contribution in [0, 0.1) is 19.8 Å². The molecule has 3 nitrogen and oxygen atoms in total. The zero-order valence-corrected chi connectivity index (χ0v) is 12.5. The second-order valence-corrected chi connectivity index (χ2v) is 5.75. The maximum Gasteiger partial charge on any atom is 0.320 e. The fraction of sp³-hybridized carbons (Fsp3) is 0.562. The standard InChI is InChI=1S/C16H25NO2/c1-10(2)8-15(16(18)19)17-13(5)14-7-6-11(3)12(4)9-14/h6-7,9-10,13,15,17H,8H2,1-5H3,(H,18,19). The van der Waals surface area contributed by atoms with Crippen LogP contribution < -0.4 is 5.32 Å². The van der Waals surface area contributed by atoms with Crippen molar-refractivity contribution in [2.45, 2.75) is 53.1 Å². The molecule has 0 aliphatic carbocycles. The molecule has 1 rings (SSSR count). The van der Waals surface area contributed by atoms with E-state index in [0.29, 0.717) is 12.3 Å². The molecule has 0 saturated heterocycles. The van der Waals surface area contributed by atoms with E-state index in [1.807, 2.05) is 20.8 Å². The molecule has 2 atom stereocenters. The Morgan fingerprint density at radius 2 is 1.84 bits per heavy atom. The average molecular weight is 263 g/mol. The van der Waals surface area contributed by atoms with Crippen molar-refractivity contribution in [3.63, 3.8) is 0 Å². The maximum atomic E-state index is 11.3. The predicted molar refractivity (Wildman–Crippen MR) is 78.3 cm³/mol. The number of nitrogens with one attached hydrogen (secondary N) is 1. The van der Waals surface area contributed by atoms with Crippen LogP contribution in [-0.4, -0.2) is 17.1 Å². The lowest BCUT2D eigenvalue weighted by molar-refractivity contribution is -0.140. The van der Waals surface area contributed by atoms with Crippen LogP contribution in [0.3, 0.4) is 0 Å². The number of rotatable bonds is 6. The van der Waals surface area contributed by atoms with Gasteiger partial charge in [0.05, 0.1) is 0 Å². The van der Waals surface area contributed by atoms with Gasteiger partial charge < -0.3 is 5.11 Å². The second kappa shape index (κ2) is 6.71. The van der Waals surface area contributed by atoms with Crippen molar-refractivity contribution in [1.82, 2.24) is 5.32 Å². The van der Waals surface area contributed by atoms with Gasteiger partial charge in [0.25, 0.3) is 0 Å². The van der Waals surface area contributed by atoms with Gasteiger partial charge >= 0.3 is 5.97 Å². The van der Waals surface area contributed by atoms with Crippen molar-refractivity contribution < 1.29 is 9.90 Å². The molecular formula is C16H25NO2. The number of carbonyl (C=O) groups is 1. The van der Waals surface area contributed by atoms with Crippen molar-refractivity contribution in [1.29, 1.82) is 0 Å². The Kier molecular flexibility index (Phi) is 5.55. The first-order chi connectivity index (χ1) is 8.81. The quantitative estimate of drug-likeness (QED) is 0.826. The number of aryl methyl sites for hydroxylation is 2. The number of carboxylic acids is 1. The van der Waals surface area contributed by atoms with E-state index in [-0.39, 0.29) is 6.04 Å². The van der Waals surface area contributed by atoms with Gasteiger partial charge in [-0.3, -0.25) is 10.1 Å². The van der Waals surface area contributed by atoms with Crippen LogP contribution in [0.25, 0.3) is 0 Å². The van der Waals surface area contributed by atoms with E-state index in [4.69, 9.17) is 0 Å². The average Bonchev–Trinajstić information content (AvgIpc) is 2.31. The summed E-state index contributed by atoms with van der Waals surface area (Å²) >= 11 is 0. The Morgan fingerprint density at radius 1 is 1.21 bits per heavy atom. The minimum absolute atomic E-state index is 0.0409. The zero-order chi connectivity index (χ0) is 14.6. The molecule has 3 heteroatoms. The van der Waals surface area contributed by atoms with Gasteiger partial charge in [0.2, 0.25) is 0 Å². The van der Waals surface area contributed by atoms with Gasteiger partial charge in [-0.05, 0) is 49.8 Å². The highest BCUT2D eigenvalue weighted by Gasteiger charge is 2.21. The van der Waals surface area contributed by atoms with Crippen LogP contribution in [0.4, 0.5) is 0 Å². The van der Waals surface area contributed by atoms with Crippen molar-refractivity contribution in [2.75, 3.05) is 0 Å². The minimum Gasteiger partial charge on any atom is -0.480 e. The van der Waals surface area contributed by atoms with Gasteiger partial charge in [0, 0.05) is 6.04 Å². The second-order valence-electron chi connectivity index (χ2n) is 5.75. The Bertz CT molecular complexity index is 440. The van der Waals surface area contributed by atoms with Crippen LogP contribution in [0.1, 0.15) is 49.9 Å². The summed E-state index contributed by atoms with van der Waals surface area (Å²) in [5, 5.41) is 12.5. The first-order valence-corrected chi connectivity index (χ1v) is 6.87. The van der Waals surface area contributed by atoms with Crippen molar-refractivity contribution in [3.8, 4) is 0 Å². The summed E-state index contributed by atoms with van der Waals surface area (Å²) < 4.78 is 0. The summed E-state index contributed by atoms with van der Waals surface area (Å²) in [6.45, 7) is 10.3. The summed E-state index contributed by atoms with van der Waals surface area (Å²) in [5.41, 5.74) is 3.63. The Labute approximate surface area is 116 Å². The molecule has 0 aliphatic rings. The molecule has 0 amide bonds.